The Morgan fingerprint density at radius 1 is 1.39 bits per heavy atom. The zero-order chi connectivity index (χ0) is 22.2. The highest BCUT2D eigenvalue weighted by Gasteiger charge is 2.27. The molecule has 0 aliphatic heterocycles. The van der Waals surface area contributed by atoms with Crippen LogP contribution in [0.5, 0.6) is 5.75 Å². The first-order chi connectivity index (χ1) is 14.8. The number of benzene rings is 1. The van der Waals surface area contributed by atoms with Crippen molar-refractivity contribution in [3.8, 4) is 22.9 Å². The first kappa shape index (κ1) is 20.9. The molecule has 7 heteroatoms. The SMILES string of the molecule is Cc1cc(-c2cnn3cc(C(C)(C)C#N)ccc23)cc(OCCO)c1C(=O)NC1CC1. The number of aliphatic hydroxyl groups is 1. The average molecular weight is 418 g/mol. The molecule has 1 fully saturated rings. The fraction of sp³-hybridized carbons (Fsp3) is 0.375. The topological polar surface area (TPSA) is 99.7 Å². The summed E-state index contributed by atoms with van der Waals surface area (Å²) < 4.78 is 7.51. The minimum absolute atomic E-state index is 0.105. The Morgan fingerprint density at radius 2 is 2.16 bits per heavy atom. The normalized spacial score (nSPS) is 13.8. The standard InChI is InChI=1S/C24H26N4O3/c1-15-10-16(11-21(31-9-8-29)22(15)23(30)27-18-5-6-18)19-12-26-28-13-17(4-7-20(19)28)24(2,3)14-25/h4,7,10-13,18,29H,5-6,8-9H2,1-3H3,(H,27,30). The Hall–Kier alpha value is -3.37. The minimum Gasteiger partial charge on any atom is -0.490 e. The van der Waals surface area contributed by atoms with Gasteiger partial charge in [-0.2, -0.15) is 10.4 Å². The monoisotopic (exact) mass is 418 g/mol. The van der Waals surface area contributed by atoms with Gasteiger partial charge in [-0.15, -0.1) is 0 Å². The number of nitrogens with zero attached hydrogens (tertiary/aromatic N) is 3. The third-order valence-electron chi connectivity index (χ3n) is 5.62. The van der Waals surface area contributed by atoms with E-state index in [1.165, 1.54) is 0 Å². The molecule has 4 rings (SSSR count). The number of rotatable bonds is 7. The van der Waals surface area contributed by atoms with Gasteiger partial charge in [0.05, 0.1) is 35.4 Å². The van der Waals surface area contributed by atoms with E-state index in [1.54, 1.807) is 10.7 Å². The number of hydrogen-bond donors (Lipinski definition) is 2. The molecule has 2 aromatic heterocycles. The van der Waals surface area contributed by atoms with Gasteiger partial charge in [0.2, 0.25) is 0 Å². The Morgan fingerprint density at radius 3 is 2.84 bits per heavy atom. The van der Waals surface area contributed by atoms with Crippen LogP contribution in [0.4, 0.5) is 0 Å². The number of carbonyl (C=O) groups excluding carboxylic acids is 1. The number of pyridine rings is 1. The first-order valence-corrected chi connectivity index (χ1v) is 10.4. The molecule has 0 bridgehead atoms. The molecule has 7 nitrogen and oxygen atoms in total. The summed E-state index contributed by atoms with van der Waals surface area (Å²) in [5.41, 5.74) is 4.22. The van der Waals surface area contributed by atoms with Gasteiger partial charge in [-0.3, -0.25) is 4.79 Å². The van der Waals surface area contributed by atoms with E-state index in [0.717, 1.165) is 40.6 Å². The summed E-state index contributed by atoms with van der Waals surface area (Å²) in [7, 11) is 0. The van der Waals surface area contributed by atoms with Gasteiger partial charge >= 0.3 is 0 Å². The molecule has 0 atom stereocenters. The zero-order valence-corrected chi connectivity index (χ0v) is 18.0. The highest BCUT2D eigenvalue weighted by molar-refractivity contribution is 6.00. The van der Waals surface area contributed by atoms with Gasteiger partial charge < -0.3 is 15.2 Å². The van der Waals surface area contributed by atoms with E-state index >= 15 is 0 Å². The first-order valence-electron chi connectivity index (χ1n) is 10.4. The smallest absolute Gasteiger partial charge is 0.255 e. The van der Waals surface area contributed by atoms with Crippen LogP contribution < -0.4 is 10.1 Å². The maximum Gasteiger partial charge on any atom is 0.255 e. The summed E-state index contributed by atoms with van der Waals surface area (Å²) in [6.07, 6.45) is 5.65. The van der Waals surface area contributed by atoms with Crippen LogP contribution in [0.3, 0.4) is 0 Å². The second-order valence-corrected chi connectivity index (χ2v) is 8.53. The van der Waals surface area contributed by atoms with Gasteiger partial charge in [0, 0.05) is 17.8 Å². The number of nitrogens with one attached hydrogen (secondary N) is 1. The molecule has 3 aromatic rings. The van der Waals surface area contributed by atoms with Crippen LogP contribution in [0.2, 0.25) is 0 Å². The summed E-state index contributed by atoms with van der Waals surface area (Å²) in [5, 5.41) is 26.1. The van der Waals surface area contributed by atoms with Crippen LogP contribution in [0.1, 0.15) is 48.2 Å². The van der Waals surface area contributed by atoms with E-state index in [9.17, 15) is 15.2 Å². The molecule has 2 N–H and O–H groups in total. The predicted octanol–water partition coefficient (Wildman–Crippen LogP) is 3.37. The van der Waals surface area contributed by atoms with Crippen molar-refractivity contribution in [3.63, 3.8) is 0 Å². The van der Waals surface area contributed by atoms with E-state index in [2.05, 4.69) is 16.5 Å². The Labute approximate surface area is 181 Å². The minimum atomic E-state index is -0.612. The summed E-state index contributed by atoms with van der Waals surface area (Å²) >= 11 is 0. The lowest BCUT2D eigenvalue weighted by molar-refractivity contribution is 0.0944. The molecule has 1 amide bonds. The summed E-state index contributed by atoms with van der Waals surface area (Å²) in [6.45, 7) is 5.60. The highest BCUT2D eigenvalue weighted by atomic mass is 16.5. The molecular formula is C24H26N4O3. The number of aromatic nitrogens is 2. The number of aliphatic hydroxyl groups excluding tert-OH is 1. The van der Waals surface area contributed by atoms with Gasteiger partial charge in [-0.1, -0.05) is 12.1 Å². The second kappa shape index (κ2) is 8.05. The van der Waals surface area contributed by atoms with Crippen molar-refractivity contribution in [1.29, 1.82) is 5.26 Å². The molecule has 0 unspecified atom stereocenters. The molecule has 160 valence electrons. The van der Waals surface area contributed by atoms with Crippen molar-refractivity contribution in [2.24, 2.45) is 0 Å². The Balaban J connectivity index is 1.77. The summed E-state index contributed by atoms with van der Waals surface area (Å²) in [6, 6.07) is 10.2. The quantitative estimate of drug-likeness (QED) is 0.613. The largest absolute Gasteiger partial charge is 0.490 e. The average Bonchev–Trinajstić information content (AvgIpc) is 3.46. The molecule has 31 heavy (non-hydrogen) atoms. The van der Waals surface area contributed by atoms with Crippen molar-refractivity contribution in [2.75, 3.05) is 13.2 Å². The molecule has 0 radical (unpaired) electrons. The lowest BCUT2D eigenvalue weighted by Gasteiger charge is -2.16. The lowest BCUT2D eigenvalue weighted by Crippen LogP contribution is -2.27. The third-order valence-corrected chi connectivity index (χ3v) is 5.62. The van der Waals surface area contributed by atoms with Gasteiger partial charge in [0.15, 0.2) is 0 Å². The third kappa shape index (κ3) is 4.12. The lowest BCUT2D eigenvalue weighted by atomic mass is 9.87. The van der Waals surface area contributed by atoms with Gasteiger partial charge in [0.25, 0.3) is 5.91 Å². The van der Waals surface area contributed by atoms with Crippen LogP contribution in [-0.2, 0) is 5.41 Å². The summed E-state index contributed by atoms with van der Waals surface area (Å²) in [4.78, 5) is 12.8. The van der Waals surface area contributed by atoms with Crippen LogP contribution >= 0.6 is 0 Å². The van der Waals surface area contributed by atoms with E-state index in [4.69, 9.17) is 4.74 Å². The Bertz CT molecular complexity index is 1190. The van der Waals surface area contributed by atoms with Crippen LogP contribution in [0, 0.1) is 18.3 Å². The molecule has 1 aliphatic carbocycles. The van der Waals surface area contributed by atoms with Crippen molar-refractivity contribution in [3.05, 3.63) is 53.3 Å². The number of amides is 1. The predicted molar refractivity (Wildman–Crippen MR) is 117 cm³/mol. The fourth-order valence-electron chi connectivity index (χ4n) is 3.60. The highest BCUT2D eigenvalue weighted by Crippen LogP contribution is 2.34. The summed E-state index contributed by atoms with van der Waals surface area (Å²) in [5.74, 6) is 0.298. The molecule has 1 aromatic carbocycles. The van der Waals surface area contributed by atoms with Crippen molar-refractivity contribution in [2.45, 2.75) is 45.1 Å². The number of nitriles is 1. The van der Waals surface area contributed by atoms with Crippen LogP contribution in [-0.4, -0.2) is 39.9 Å². The van der Waals surface area contributed by atoms with Crippen molar-refractivity contribution >= 4 is 11.4 Å². The Kier molecular flexibility index (Phi) is 5.42. The number of ether oxygens (including phenoxy) is 1. The maximum absolute atomic E-state index is 12.8. The molecule has 1 saturated carbocycles. The molecular weight excluding hydrogens is 392 g/mol. The van der Waals surface area contributed by atoms with Crippen molar-refractivity contribution in [1.82, 2.24) is 14.9 Å². The van der Waals surface area contributed by atoms with Gasteiger partial charge in [-0.05, 0) is 62.4 Å². The molecule has 0 spiro atoms. The zero-order valence-electron chi connectivity index (χ0n) is 18.0. The maximum atomic E-state index is 12.8. The molecule has 0 saturated heterocycles. The van der Waals surface area contributed by atoms with Crippen LogP contribution in [0.15, 0.2) is 36.7 Å². The number of carbonyl (C=O) groups is 1. The fourth-order valence-corrected chi connectivity index (χ4v) is 3.60. The second-order valence-electron chi connectivity index (χ2n) is 8.53. The number of hydrogen-bond acceptors (Lipinski definition) is 5. The van der Waals surface area contributed by atoms with E-state index < -0.39 is 5.41 Å². The van der Waals surface area contributed by atoms with E-state index in [0.29, 0.717) is 11.3 Å². The van der Waals surface area contributed by atoms with Gasteiger partial charge in [0.1, 0.15) is 12.4 Å². The van der Waals surface area contributed by atoms with E-state index in [1.807, 2.05) is 51.2 Å². The van der Waals surface area contributed by atoms with Gasteiger partial charge in [-0.25, -0.2) is 4.52 Å². The number of fused-ring (bicyclic) bond motifs is 1. The van der Waals surface area contributed by atoms with E-state index in [-0.39, 0.29) is 25.2 Å². The van der Waals surface area contributed by atoms with Crippen molar-refractivity contribution < 1.29 is 14.6 Å². The molecule has 2 heterocycles. The van der Waals surface area contributed by atoms with Crippen LogP contribution in [0.25, 0.3) is 16.6 Å². The molecule has 1 aliphatic rings. The number of aryl methyl sites for hydroxylation is 1.